The first-order valence-electron chi connectivity index (χ1n) is 9.45. The van der Waals surface area contributed by atoms with E-state index in [1.54, 1.807) is 0 Å². The van der Waals surface area contributed by atoms with E-state index in [0.717, 1.165) is 24.2 Å². The Morgan fingerprint density at radius 1 is 0.893 bits per heavy atom. The van der Waals surface area contributed by atoms with Gasteiger partial charge in [0.2, 0.25) is 0 Å². The number of hydrogen-bond acceptors (Lipinski definition) is 5. The van der Waals surface area contributed by atoms with Crippen molar-refractivity contribution in [1.29, 1.82) is 0 Å². The molecule has 1 unspecified atom stereocenters. The molecule has 1 atom stereocenters. The number of hydrogen-bond donors (Lipinski definition) is 0. The zero-order valence-corrected chi connectivity index (χ0v) is 16.9. The molecule has 0 spiro atoms. The van der Waals surface area contributed by atoms with E-state index >= 15 is 0 Å². The molecule has 2 rings (SSSR count). The lowest BCUT2D eigenvalue weighted by atomic mass is 9.68. The molecule has 5 nitrogen and oxygen atoms in total. The highest BCUT2D eigenvalue weighted by Crippen LogP contribution is 2.39. The summed E-state index contributed by atoms with van der Waals surface area (Å²) in [5.41, 5.74) is 0.115. The van der Waals surface area contributed by atoms with Gasteiger partial charge in [0.25, 0.3) is 0 Å². The van der Waals surface area contributed by atoms with Crippen LogP contribution in [0, 0.1) is 5.92 Å². The normalized spacial score (nSPS) is 12.9. The van der Waals surface area contributed by atoms with Crippen molar-refractivity contribution in [3.05, 3.63) is 60.2 Å². The first kappa shape index (κ1) is 21.5. The molecule has 0 aliphatic carbocycles. The van der Waals surface area contributed by atoms with Gasteiger partial charge in [0.15, 0.2) is 5.92 Å². The molecule has 0 aliphatic heterocycles. The van der Waals surface area contributed by atoms with Crippen LogP contribution in [0.15, 0.2) is 54.6 Å². The molecule has 0 bridgehead atoms. The van der Waals surface area contributed by atoms with Crippen LogP contribution in [0.2, 0.25) is 0 Å². The summed E-state index contributed by atoms with van der Waals surface area (Å²) in [6, 6.07) is 17.0. The monoisotopic (exact) mass is 384 g/mol. The number of benzene rings is 2. The Balaban J connectivity index is 2.37. The summed E-state index contributed by atoms with van der Waals surface area (Å²) in [6.45, 7) is 3.98. The predicted octanol–water partition coefficient (Wildman–Crippen LogP) is 4.89. The van der Waals surface area contributed by atoms with Gasteiger partial charge in [0.1, 0.15) is 11.5 Å². The Hall–Kier alpha value is -2.82. The lowest BCUT2D eigenvalue weighted by molar-refractivity contribution is -0.162. The number of rotatable bonds is 9. The minimum atomic E-state index is -1.03. The largest absolute Gasteiger partial charge is 0.468 e. The fraction of sp³-hybridized carbons (Fsp3) is 0.391. The van der Waals surface area contributed by atoms with E-state index in [1.165, 1.54) is 14.2 Å². The summed E-state index contributed by atoms with van der Waals surface area (Å²) in [5, 5.41) is 0. The number of carbonyl (C=O) groups excluding carboxylic acids is 2. The van der Waals surface area contributed by atoms with Gasteiger partial charge >= 0.3 is 11.9 Å². The van der Waals surface area contributed by atoms with Crippen LogP contribution >= 0.6 is 0 Å². The second kappa shape index (κ2) is 9.93. The van der Waals surface area contributed by atoms with E-state index in [9.17, 15) is 9.59 Å². The molecule has 2 aromatic carbocycles. The Morgan fingerprint density at radius 3 is 1.93 bits per heavy atom. The van der Waals surface area contributed by atoms with E-state index in [-0.39, 0.29) is 0 Å². The lowest BCUT2D eigenvalue weighted by Crippen LogP contribution is -2.43. The van der Waals surface area contributed by atoms with Gasteiger partial charge < -0.3 is 14.2 Å². The van der Waals surface area contributed by atoms with Crippen molar-refractivity contribution in [3.63, 3.8) is 0 Å². The SMILES string of the molecule is CCCCC(C)(c1ccc(Oc2ccccc2)cc1)C(C(=O)OC)C(=O)OC. The highest BCUT2D eigenvalue weighted by molar-refractivity contribution is 5.96. The van der Waals surface area contributed by atoms with Crippen molar-refractivity contribution in [2.45, 2.75) is 38.5 Å². The molecule has 0 radical (unpaired) electrons. The maximum atomic E-state index is 12.5. The topological polar surface area (TPSA) is 61.8 Å². The molecule has 0 heterocycles. The van der Waals surface area contributed by atoms with Gasteiger partial charge in [-0.05, 0) is 36.2 Å². The zero-order valence-electron chi connectivity index (χ0n) is 16.9. The van der Waals surface area contributed by atoms with E-state index in [1.807, 2.05) is 61.5 Å². The van der Waals surface area contributed by atoms with Crippen molar-refractivity contribution in [2.24, 2.45) is 5.92 Å². The van der Waals surface area contributed by atoms with Crippen LogP contribution in [0.1, 0.15) is 38.7 Å². The van der Waals surface area contributed by atoms with Gasteiger partial charge in [-0.1, -0.05) is 57.0 Å². The van der Waals surface area contributed by atoms with E-state index in [0.29, 0.717) is 12.2 Å². The number of unbranched alkanes of at least 4 members (excludes halogenated alkanes) is 1. The Bertz CT molecular complexity index is 753. The fourth-order valence-electron chi connectivity index (χ4n) is 3.38. The number of ether oxygens (including phenoxy) is 3. The predicted molar refractivity (Wildman–Crippen MR) is 107 cm³/mol. The fourth-order valence-corrected chi connectivity index (χ4v) is 3.38. The van der Waals surface area contributed by atoms with Gasteiger partial charge in [-0.25, -0.2) is 0 Å². The summed E-state index contributed by atoms with van der Waals surface area (Å²) in [5.74, 6) is -0.786. The van der Waals surface area contributed by atoms with E-state index in [2.05, 4.69) is 6.92 Å². The van der Waals surface area contributed by atoms with Crippen LogP contribution < -0.4 is 4.74 Å². The summed E-state index contributed by atoms with van der Waals surface area (Å²) in [7, 11) is 2.57. The average Bonchev–Trinajstić information content (AvgIpc) is 2.73. The quantitative estimate of drug-likeness (QED) is 0.455. The first-order valence-corrected chi connectivity index (χ1v) is 9.45. The maximum absolute atomic E-state index is 12.5. The third kappa shape index (κ3) is 4.91. The molecular weight excluding hydrogens is 356 g/mol. The number of carbonyl (C=O) groups is 2. The summed E-state index contributed by atoms with van der Waals surface area (Å²) in [4.78, 5) is 24.9. The van der Waals surface area contributed by atoms with Crippen molar-refractivity contribution in [2.75, 3.05) is 14.2 Å². The molecule has 0 aliphatic rings. The third-order valence-electron chi connectivity index (χ3n) is 5.05. The van der Waals surface area contributed by atoms with Crippen molar-refractivity contribution < 1.29 is 23.8 Å². The molecule has 28 heavy (non-hydrogen) atoms. The van der Waals surface area contributed by atoms with Crippen LogP contribution in [-0.4, -0.2) is 26.2 Å². The third-order valence-corrected chi connectivity index (χ3v) is 5.05. The summed E-state index contributed by atoms with van der Waals surface area (Å²) >= 11 is 0. The van der Waals surface area contributed by atoms with Crippen LogP contribution in [0.4, 0.5) is 0 Å². The standard InChI is InChI=1S/C23H28O5/c1-5-6-16-23(2,20(21(24)26-3)22(25)27-4)17-12-14-19(15-13-17)28-18-10-8-7-9-11-18/h7-15,20H,5-6,16H2,1-4H3. The summed E-state index contributed by atoms with van der Waals surface area (Å²) < 4.78 is 15.7. The van der Waals surface area contributed by atoms with Crippen LogP contribution in [0.5, 0.6) is 11.5 Å². The minimum Gasteiger partial charge on any atom is -0.468 e. The van der Waals surface area contributed by atoms with Crippen LogP contribution in [-0.2, 0) is 24.5 Å². The zero-order chi connectivity index (χ0) is 20.6. The van der Waals surface area contributed by atoms with Crippen molar-refractivity contribution >= 4 is 11.9 Å². The Morgan fingerprint density at radius 2 is 1.43 bits per heavy atom. The molecule has 0 saturated heterocycles. The minimum absolute atomic E-state index is 0.588. The van der Waals surface area contributed by atoms with E-state index < -0.39 is 23.3 Å². The van der Waals surface area contributed by atoms with Crippen molar-refractivity contribution in [1.82, 2.24) is 0 Å². The van der Waals surface area contributed by atoms with Gasteiger partial charge in [0, 0.05) is 5.41 Å². The van der Waals surface area contributed by atoms with Gasteiger partial charge in [0.05, 0.1) is 14.2 Å². The Labute approximate surface area is 166 Å². The molecule has 0 saturated carbocycles. The number of esters is 2. The molecule has 0 fully saturated rings. The number of methoxy groups -OCH3 is 2. The second-order valence-corrected chi connectivity index (χ2v) is 6.94. The molecule has 150 valence electrons. The van der Waals surface area contributed by atoms with Crippen LogP contribution in [0.25, 0.3) is 0 Å². The van der Waals surface area contributed by atoms with Gasteiger partial charge in [-0.15, -0.1) is 0 Å². The Kier molecular flexibility index (Phi) is 7.61. The lowest BCUT2D eigenvalue weighted by Gasteiger charge is -2.35. The highest BCUT2D eigenvalue weighted by Gasteiger charge is 2.46. The molecule has 0 amide bonds. The second-order valence-electron chi connectivity index (χ2n) is 6.94. The first-order chi connectivity index (χ1) is 13.5. The molecule has 2 aromatic rings. The smallest absolute Gasteiger partial charge is 0.320 e. The molecule has 5 heteroatoms. The highest BCUT2D eigenvalue weighted by atomic mass is 16.5. The van der Waals surface area contributed by atoms with Gasteiger partial charge in [-0.2, -0.15) is 0 Å². The molecular formula is C23H28O5. The molecule has 0 aromatic heterocycles. The average molecular weight is 384 g/mol. The van der Waals surface area contributed by atoms with Crippen LogP contribution in [0.3, 0.4) is 0 Å². The maximum Gasteiger partial charge on any atom is 0.320 e. The van der Waals surface area contributed by atoms with Crippen molar-refractivity contribution in [3.8, 4) is 11.5 Å². The molecule has 0 N–H and O–H groups in total. The van der Waals surface area contributed by atoms with E-state index in [4.69, 9.17) is 14.2 Å². The van der Waals surface area contributed by atoms with Gasteiger partial charge in [-0.3, -0.25) is 9.59 Å². The summed E-state index contributed by atoms with van der Waals surface area (Å²) in [6.07, 6.45) is 2.46. The number of para-hydroxylation sites is 1.